The molecule has 0 radical (unpaired) electrons. The summed E-state index contributed by atoms with van der Waals surface area (Å²) in [5.41, 5.74) is 5.21. The van der Waals surface area contributed by atoms with E-state index in [1.54, 1.807) is 13.0 Å². The van der Waals surface area contributed by atoms with Crippen molar-refractivity contribution in [1.29, 1.82) is 0 Å². The fraction of sp³-hybridized carbons (Fsp3) is 0.455. The van der Waals surface area contributed by atoms with E-state index in [-0.39, 0.29) is 11.8 Å². The summed E-state index contributed by atoms with van der Waals surface area (Å²) in [7, 11) is 0. The SMILES string of the molecule is CC(C=CC1=C(C)CCCC1(C)C)=CC=CC(C)=C(C=O)CC(=O)O. The predicted octanol–water partition coefficient (Wildman–Crippen LogP) is 5.56. The average molecular weight is 342 g/mol. The molecule has 1 aliphatic carbocycles. The van der Waals surface area contributed by atoms with Crippen LogP contribution in [0.4, 0.5) is 0 Å². The standard InChI is InChI=1S/C22H30O3/c1-16(8-6-9-17(2)19(15-23)14-21(24)25)11-12-20-18(3)10-7-13-22(20,4)5/h6,8-9,11-12,15H,7,10,13-14H2,1-5H3,(H,24,25). The van der Waals surface area contributed by atoms with Crippen LogP contribution in [0.1, 0.15) is 60.3 Å². The molecule has 1 N–H and O–H groups in total. The summed E-state index contributed by atoms with van der Waals surface area (Å²) in [5.74, 6) is -0.997. The number of carbonyl (C=O) groups is 2. The van der Waals surface area contributed by atoms with Crippen molar-refractivity contribution in [2.75, 3.05) is 0 Å². The minimum absolute atomic E-state index is 0.226. The van der Waals surface area contributed by atoms with Gasteiger partial charge in [-0.25, -0.2) is 0 Å². The Morgan fingerprint density at radius 1 is 1.24 bits per heavy atom. The molecule has 0 saturated heterocycles. The molecule has 0 aromatic carbocycles. The summed E-state index contributed by atoms with van der Waals surface area (Å²) in [6.07, 6.45) is 14.0. The van der Waals surface area contributed by atoms with Crippen LogP contribution in [0, 0.1) is 5.41 Å². The molecule has 0 aromatic rings. The summed E-state index contributed by atoms with van der Waals surface area (Å²) in [5, 5.41) is 8.79. The van der Waals surface area contributed by atoms with E-state index in [0.29, 0.717) is 17.4 Å². The van der Waals surface area contributed by atoms with E-state index in [1.807, 2.05) is 19.1 Å². The van der Waals surface area contributed by atoms with Crippen LogP contribution < -0.4 is 0 Å². The largest absolute Gasteiger partial charge is 0.481 e. The van der Waals surface area contributed by atoms with E-state index in [1.165, 1.54) is 30.4 Å². The Labute approximate surface area is 151 Å². The van der Waals surface area contributed by atoms with Gasteiger partial charge in [0.1, 0.15) is 6.29 Å². The molecule has 0 aliphatic heterocycles. The lowest BCUT2D eigenvalue weighted by Crippen LogP contribution is -2.19. The predicted molar refractivity (Wildman–Crippen MR) is 103 cm³/mol. The zero-order valence-corrected chi connectivity index (χ0v) is 16.1. The number of hydrogen-bond acceptors (Lipinski definition) is 2. The van der Waals surface area contributed by atoms with Gasteiger partial charge in [-0.3, -0.25) is 9.59 Å². The van der Waals surface area contributed by atoms with Crippen molar-refractivity contribution in [1.82, 2.24) is 0 Å². The number of allylic oxidation sites excluding steroid dienone is 9. The maximum absolute atomic E-state index is 11.0. The molecule has 0 heterocycles. The number of carboxylic acid groups (broad SMARTS) is 1. The van der Waals surface area contributed by atoms with E-state index in [2.05, 4.69) is 32.9 Å². The molecule has 0 bridgehead atoms. The maximum atomic E-state index is 11.0. The molecule has 0 spiro atoms. The van der Waals surface area contributed by atoms with Gasteiger partial charge in [0.15, 0.2) is 0 Å². The van der Waals surface area contributed by atoms with Crippen molar-refractivity contribution < 1.29 is 14.7 Å². The van der Waals surface area contributed by atoms with Gasteiger partial charge in [0, 0.05) is 5.57 Å². The fourth-order valence-corrected chi connectivity index (χ4v) is 3.17. The molecule has 1 rings (SSSR count). The molecule has 0 unspecified atom stereocenters. The zero-order chi connectivity index (χ0) is 19.0. The molecule has 0 saturated carbocycles. The molecule has 0 amide bonds. The summed E-state index contributed by atoms with van der Waals surface area (Å²) in [6.45, 7) is 10.6. The van der Waals surface area contributed by atoms with Gasteiger partial charge in [-0.2, -0.15) is 0 Å². The number of aldehydes is 1. The lowest BCUT2D eigenvalue weighted by atomic mass is 9.72. The Kier molecular flexibility index (Phi) is 7.82. The molecule has 25 heavy (non-hydrogen) atoms. The van der Waals surface area contributed by atoms with Crippen LogP contribution in [-0.4, -0.2) is 17.4 Å². The normalized spacial score (nSPS) is 19.5. The molecule has 3 heteroatoms. The van der Waals surface area contributed by atoms with Gasteiger partial charge in [-0.1, -0.05) is 55.4 Å². The van der Waals surface area contributed by atoms with Crippen LogP contribution in [0.15, 0.2) is 58.2 Å². The lowest BCUT2D eigenvalue weighted by molar-refractivity contribution is -0.136. The Balaban J connectivity index is 2.87. The second-order valence-electron chi connectivity index (χ2n) is 7.43. The van der Waals surface area contributed by atoms with E-state index in [4.69, 9.17) is 5.11 Å². The van der Waals surface area contributed by atoms with Gasteiger partial charge >= 0.3 is 5.97 Å². The number of carboxylic acids is 1. The summed E-state index contributed by atoms with van der Waals surface area (Å²) >= 11 is 0. The number of aliphatic carboxylic acids is 1. The lowest BCUT2D eigenvalue weighted by Gasteiger charge is -2.32. The molecule has 0 atom stereocenters. The third kappa shape index (κ3) is 6.69. The molecule has 0 aromatic heterocycles. The second-order valence-corrected chi connectivity index (χ2v) is 7.43. The first-order valence-corrected chi connectivity index (χ1v) is 8.77. The number of hydrogen-bond donors (Lipinski definition) is 1. The van der Waals surface area contributed by atoms with E-state index in [9.17, 15) is 9.59 Å². The molecule has 3 nitrogen and oxygen atoms in total. The first-order chi connectivity index (χ1) is 11.7. The summed E-state index contributed by atoms with van der Waals surface area (Å²) < 4.78 is 0. The molecule has 1 aliphatic rings. The van der Waals surface area contributed by atoms with E-state index < -0.39 is 5.97 Å². The fourth-order valence-electron chi connectivity index (χ4n) is 3.17. The monoisotopic (exact) mass is 342 g/mol. The van der Waals surface area contributed by atoms with Crippen LogP contribution in [0.2, 0.25) is 0 Å². The van der Waals surface area contributed by atoms with Crippen LogP contribution in [0.3, 0.4) is 0 Å². The summed E-state index contributed by atoms with van der Waals surface area (Å²) in [4.78, 5) is 21.7. The highest BCUT2D eigenvalue weighted by Gasteiger charge is 2.26. The smallest absolute Gasteiger partial charge is 0.307 e. The number of carbonyl (C=O) groups excluding carboxylic acids is 1. The van der Waals surface area contributed by atoms with Crippen molar-refractivity contribution in [2.45, 2.75) is 60.3 Å². The highest BCUT2D eigenvalue weighted by molar-refractivity contribution is 5.84. The van der Waals surface area contributed by atoms with Gasteiger partial charge in [-0.15, -0.1) is 0 Å². The third-order valence-corrected chi connectivity index (χ3v) is 4.75. The Morgan fingerprint density at radius 2 is 1.92 bits per heavy atom. The summed E-state index contributed by atoms with van der Waals surface area (Å²) in [6, 6.07) is 0. The minimum Gasteiger partial charge on any atom is -0.481 e. The van der Waals surface area contributed by atoms with Crippen LogP contribution >= 0.6 is 0 Å². The Bertz CT molecular complexity index is 667. The number of rotatable bonds is 7. The van der Waals surface area contributed by atoms with Gasteiger partial charge < -0.3 is 5.11 Å². The van der Waals surface area contributed by atoms with Crippen molar-refractivity contribution in [3.05, 3.63) is 58.2 Å². The van der Waals surface area contributed by atoms with Crippen molar-refractivity contribution >= 4 is 12.3 Å². The van der Waals surface area contributed by atoms with Gasteiger partial charge in [0.05, 0.1) is 6.42 Å². The molecular formula is C22H30O3. The van der Waals surface area contributed by atoms with E-state index >= 15 is 0 Å². The van der Waals surface area contributed by atoms with Gasteiger partial charge in [-0.05, 0) is 56.6 Å². The highest BCUT2D eigenvalue weighted by atomic mass is 16.4. The second kappa shape index (κ2) is 9.36. The first-order valence-electron chi connectivity index (χ1n) is 8.77. The van der Waals surface area contributed by atoms with Crippen molar-refractivity contribution in [3.63, 3.8) is 0 Å². The van der Waals surface area contributed by atoms with Crippen LogP contribution in [0.5, 0.6) is 0 Å². The van der Waals surface area contributed by atoms with Crippen molar-refractivity contribution in [3.8, 4) is 0 Å². The van der Waals surface area contributed by atoms with Crippen LogP contribution in [0.25, 0.3) is 0 Å². The maximum Gasteiger partial charge on any atom is 0.307 e. The highest BCUT2D eigenvalue weighted by Crippen LogP contribution is 2.40. The first kappa shape index (κ1) is 20.9. The Hall–Kier alpha value is -2.16. The van der Waals surface area contributed by atoms with Crippen molar-refractivity contribution in [2.24, 2.45) is 5.41 Å². The molecular weight excluding hydrogens is 312 g/mol. The minimum atomic E-state index is -0.997. The zero-order valence-electron chi connectivity index (χ0n) is 16.1. The quantitative estimate of drug-likeness (QED) is 0.374. The van der Waals surface area contributed by atoms with E-state index in [0.717, 1.165) is 5.57 Å². The van der Waals surface area contributed by atoms with Gasteiger partial charge in [0.25, 0.3) is 0 Å². The topological polar surface area (TPSA) is 54.4 Å². The molecule has 0 fully saturated rings. The van der Waals surface area contributed by atoms with Crippen LogP contribution in [-0.2, 0) is 9.59 Å². The van der Waals surface area contributed by atoms with Gasteiger partial charge in [0.2, 0.25) is 0 Å². The molecule has 136 valence electrons. The third-order valence-electron chi connectivity index (χ3n) is 4.75. The Morgan fingerprint density at radius 3 is 2.48 bits per heavy atom. The average Bonchev–Trinajstić information content (AvgIpc) is 2.51.